The van der Waals surface area contributed by atoms with Gasteiger partial charge in [-0.25, -0.2) is 13.2 Å². The largest absolute Gasteiger partial charge is 0.505 e. The lowest BCUT2D eigenvalue weighted by atomic mass is 9.88. The third-order valence-electron chi connectivity index (χ3n) is 3.30. The number of hydrogen-bond donors (Lipinski definition) is 2. The fraction of sp³-hybridized carbons (Fsp3) is 0.455. The first-order valence-electron chi connectivity index (χ1n) is 5.02. The van der Waals surface area contributed by atoms with E-state index in [9.17, 15) is 13.2 Å². The molecule has 0 amide bonds. The molecule has 2 rings (SSSR count). The van der Waals surface area contributed by atoms with Crippen molar-refractivity contribution in [3.63, 3.8) is 0 Å². The van der Waals surface area contributed by atoms with Crippen molar-refractivity contribution in [2.24, 2.45) is 5.73 Å². The van der Waals surface area contributed by atoms with Crippen LogP contribution in [0.2, 0.25) is 0 Å². The Bertz CT molecular complexity index is 415. The summed E-state index contributed by atoms with van der Waals surface area (Å²) in [6.45, 7) is 1.62. The lowest BCUT2D eigenvalue weighted by molar-refractivity contribution is 0.386. The van der Waals surface area contributed by atoms with E-state index in [4.69, 9.17) is 10.8 Å². The molecule has 1 aliphatic carbocycles. The Hall–Kier alpha value is -1.23. The van der Waals surface area contributed by atoms with Crippen molar-refractivity contribution in [1.82, 2.24) is 0 Å². The van der Waals surface area contributed by atoms with E-state index in [0.29, 0.717) is 18.9 Å². The monoisotopic (exact) mass is 231 g/mol. The quantitative estimate of drug-likeness (QED) is 0.766. The van der Waals surface area contributed by atoms with Gasteiger partial charge in [0.1, 0.15) is 0 Å². The lowest BCUT2D eigenvalue weighted by Gasteiger charge is -2.21. The second-order valence-corrected chi connectivity index (χ2v) is 4.33. The minimum absolute atomic E-state index is 0.417. The standard InChI is InChI=1S/C11H12F3NO/c1-5(15)11(2-3-11)8-9(13)6(12)4-7(16)10(8)14/h4-5,16H,2-3,15H2,1H3. The molecule has 0 radical (unpaired) electrons. The Balaban J connectivity index is 2.65. The Morgan fingerprint density at radius 1 is 1.31 bits per heavy atom. The molecule has 0 aromatic heterocycles. The number of nitrogens with two attached hydrogens (primary N) is 1. The molecule has 2 nitrogen and oxygen atoms in total. The fourth-order valence-corrected chi connectivity index (χ4v) is 2.10. The molecule has 1 fully saturated rings. The topological polar surface area (TPSA) is 46.2 Å². The first-order valence-corrected chi connectivity index (χ1v) is 5.02. The minimum atomic E-state index is -1.25. The highest BCUT2D eigenvalue weighted by atomic mass is 19.2. The summed E-state index contributed by atoms with van der Waals surface area (Å²) in [5.74, 6) is -4.47. The number of benzene rings is 1. The van der Waals surface area contributed by atoms with Crippen LogP contribution in [0.3, 0.4) is 0 Å². The SMILES string of the molecule is CC(N)C1(c2c(F)c(O)cc(F)c2F)CC1. The summed E-state index contributed by atoms with van der Waals surface area (Å²) < 4.78 is 40.3. The maximum absolute atomic E-state index is 13.6. The molecule has 1 atom stereocenters. The van der Waals surface area contributed by atoms with E-state index < -0.39 is 40.2 Å². The van der Waals surface area contributed by atoms with Crippen LogP contribution in [0.4, 0.5) is 13.2 Å². The molecule has 1 aromatic rings. The Kier molecular flexibility index (Phi) is 2.38. The van der Waals surface area contributed by atoms with Gasteiger partial charge in [0, 0.05) is 23.1 Å². The van der Waals surface area contributed by atoms with Crippen molar-refractivity contribution in [2.45, 2.75) is 31.2 Å². The van der Waals surface area contributed by atoms with Gasteiger partial charge in [-0.2, -0.15) is 0 Å². The number of halogens is 3. The zero-order chi connectivity index (χ0) is 12.1. The van der Waals surface area contributed by atoms with Crippen LogP contribution in [0.5, 0.6) is 5.75 Å². The molecule has 1 saturated carbocycles. The maximum Gasteiger partial charge on any atom is 0.171 e. The summed E-state index contributed by atoms with van der Waals surface area (Å²) in [5.41, 5.74) is 4.38. The van der Waals surface area contributed by atoms with E-state index in [1.165, 1.54) is 0 Å². The lowest BCUT2D eigenvalue weighted by Crippen LogP contribution is -2.33. The van der Waals surface area contributed by atoms with E-state index in [1.54, 1.807) is 6.92 Å². The minimum Gasteiger partial charge on any atom is -0.505 e. The molecule has 0 bridgehead atoms. The van der Waals surface area contributed by atoms with Crippen molar-refractivity contribution >= 4 is 0 Å². The summed E-state index contributed by atoms with van der Waals surface area (Å²) in [4.78, 5) is 0. The number of hydrogen-bond acceptors (Lipinski definition) is 2. The predicted molar refractivity (Wildman–Crippen MR) is 52.5 cm³/mol. The first-order chi connectivity index (χ1) is 7.40. The second kappa shape index (κ2) is 3.38. The number of phenolic OH excluding ortho intramolecular Hbond substituents is 1. The van der Waals surface area contributed by atoms with E-state index in [0.717, 1.165) is 0 Å². The van der Waals surface area contributed by atoms with Crippen LogP contribution in [0.1, 0.15) is 25.3 Å². The zero-order valence-electron chi connectivity index (χ0n) is 8.73. The van der Waals surface area contributed by atoms with Gasteiger partial charge in [0.2, 0.25) is 0 Å². The molecule has 0 saturated heterocycles. The molecule has 1 aliphatic rings. The molecular formula is C11H12F3NO. The highest BCUT2D eigenvalue weighted by Gasteiger charge is 2.51. The van der Waals surface area contributed by atoms with Crippen molar-refractivity contribution in [1.29, 1.82) is 0 Å². The highest BCUT2D eigenvalue weighted by Crippen LogP contribution is 2.53. The van der Waals surface area contributed by atoms with Crippen molar-refractivity contribution in [2.75, 3.05) is 0 Å². The van der Waals surface area contributed by atoms with E-state index in [2.05, 4.69) is 0 Å². The van der Waals surface area contributed by atoms with Crippen molar-refractivity contribution < 1.29 is 18.3 Å². The Morgan fingerprint density at radius 3 is 2.31 bits per heavy atom. The molecule has 3 N–H and O–H groups in total. The summed E-state index contributed by atoms with van der Waals surface area (Å²) in [6.07, 6.45) is 1.00. The molecular weight excluding hydrogens is 219 g/mol. The van der Waals surface area contributed by atoms with Gasteiger partial charge >= 0.3 is 0 Å². The molecule has 0 spiro atoms. The summed E-state index contributed by atoms with van der Waals surface area (Å²) in [5, 5.41) is 9.16. The van der Waals surface area contributed by atoms with Gasteiger partial charge in [-0.05, 0) is 19.8 Å². The third-order valence-corrected chi connectivity index (χ3v) is 3.30. The molecule has 0 aliphatic heterocycles. The van der Waals surface area contributed by atoms with Gasteiger partial charge in [-0.1, -0.05) is 0 Å². The van der Waals surface area contributed by atoms with Gasteiger partial charge in [0.15, 0.2) is 23.2 Å². The van der Waals surface area contributed by atoms with Gasteiger partial charge in [0.25, 0.3) is 0 Å². The van der Waals surface area contributed by atoms with E-state index in [1.807, 2.05) is 0 Å². The maximum atomic E-state index is 13.6. The predicted octanol–water partition coefficient (Wildman–Crippen LogP) is 2.19. The molecule has 16 heavy (non-hydrogen) atoms. The Labute approximate surface area is 90.9 Å². The van der Waals surface area contributed by atoms with Crippen LogP contribution in [0.15, 0.2) is 6.07 Å². The van der Waals surface area contributed by atoms with Crippen molar-refractivity contribution in [3.8, 4) is 5.75 Å². The van der Waals surface area contributed by atoms with Crippen LogP contribution < -0.4 is 5.73 Å². The van der Waals surface area contributed by atoms with Crippen LogP contribution in [0.25, 0.3) is 0 Å². The van der Waals surface area contributed by atoms with Crippen LogP contribution in [-0.4, -0.2) is 11.1 Å². The van der Waals surface area contributed by atoms with E-state index >= 15 is 0 Å². The van der Waals surface area contributed by atoms with Crippen LogP contribution in [0, 0.1) is 17.5 Å². The van der Waals surface area contributed by atoms with Gasteiger partial charge < -0.3 is 10.8 Å². The van der Waals surface area contributed by atoms with Crippen LogP contribution >= 0.6 is 0 Å². The average molecular weight is 231 g/mol. The smallest absolute Gasteiger partial charge is 0.171 e. The van der Waals surface area contributed by atoms with Gasteiger partial charge in [-0.3, -0.25) is 0 Å². The van der Waals surface area contributed by atoms with E-state index in [-0.39, 0.29) is 0 Å². The normalized spacial score (nSPS) is 19.6. The number of aromatic hydroxyl groups is 1. The molecule has 5 heteroatoms. The fourth-order valence-electron chi connectivity index (χ4n) is 2.10. The zero-order valence-corrected chi connectivity index (χ0v) is 8.73. The number of phenols is 1. The molecule has 0 heterocycles. The second-order valence-electron chi connectivity index (χ2n) is 4.33. The summed E-state index contributed by atoms with van der Waals surface area (Å²) in [6, 6.07) is -0.0523. The van der Waals surface area contributed by atoms with Gasteiger partial charge in [-0.15, -0.1) is 0 Å². The molecule has 1 unspecified atom stereocenters. The number of rotatable bonds is 2. The highest BCUT2D eigenvalue weighted by molar-refractivity contribution is 5.42. The molecule has 1 aromatic carbocycles. The Morgan fingerprint density at radius 2 is 1.88 bits per heavy atom. The third kappa shape index (κ3) is 1.38. The summed E-state index contributed by atoms with van der Waals surface area (Å²) in [7, 11) is 0. The van der Waals surface area contributed by atoms with Crippen molar-refractivity contribution in [3.05, 3.63) is 29.1 Å². The summed E-state index contributed by atoms with van der Waals surface area (Å²) >= 11 is 0. The average Bonchev–Trinajstić information content (AvgIpc) is 2.97. The van der Waals surface area contributed by atoms with Gasteiger partial charge in [0.05, 0.1) is 0 Å². The molecule has 88 valence electrons. The first kappa shape index (κ1) is 11.3. The van der Waals surface area contributed by atoms with Crippen LogP contribution in [-0.2, 0) is 5.41 Å².